The van der Waals surface area contributed by atoms with E-state index in [1.165, 1.54) is 0 Å². The van der Waals surface area contributed by atoms with Crippen LogP contribution in [0.4, 0.5) is 11.8 Å². The van der Waals surface area contributed by atoms with Gasteiger partial charge in [-0.25, -0.2) is 15.0 Å². The molecule has 0 aromatic carbocycles. The van der Waals surface area contributed by atoms with Crippen molar-refractivity contribution in [2.75, 3.05) is 29.9 Å². The zero-order chi connectivity index (χ0) is 16.5. The zero-order valence-electron chi connectivity index (χ0n) is 14.1. The van der Waals surface area contributed by atoms with Crippen LogP contribution in [0, 0.1) is 0 Å². The SMILES string of the molecule is CN(c1ccccn1)C1CCN(c2nc3cccnc3n2C)CC1. The van der Waals surface area contributed by atoms with Crippen LogP contribution in [0.2, 0.25) is 0 Å². The smallest absolute Gasteiger partial charge is 0.207 e. The van der Waals surface area contributed by atoms with E-state index in [4.69, 9.17) is 4.98 Å². The number of imidazole rings is 1. The Morgan fingerprint density at radius 1 is 1.04 bits per heavy atom. The van der Waals surface area contributed by atoms with Crippen molar-refractivity contribution in [2.24, 2.45) is 7.05 Å². The van der Waals surface area contributed by atoms with Gasteiger partial charge in [0.15, 0.2) is 5.65 Å². The molecule has 0 amide bonds. The van der Waals surface area contributed by atoms with E-state index in [1.54, 1.807) is 0 Å². The third-order valence-electron chi connectivity index (χ3n) is 4.91. The van der Waals surface area contributed by atoms with Crippen LogP contribution < -0.4 is 9.80 Å². The molecule has 1 fully saturated rings. The lowest BCUT2D eigenvalue weighted by atomic mass is 10.0. The highest BCUT2D eigenvalue weighted by molar-refractivity contribution is 5.74. The van der Waals surface area contributed by atoms with Gasteiger partial charge in [-0.05, 0) is 37.1 Å². The van der Waals surface area contributed by atoms with Crippen LogP contribution in [0.25, 0.3) is 11.2 Å². The first-order valence-electron chi connectivity index (χ1n) is 8.40. The molecule has 0 unspecified atom stereocenters. The van der Waals surface area contributed by atoms with Crippen molar-refractivity contribution in [2.45, 2.75) is 18.9 Å². The van der Waals surface area contributed by atoms with Crippen LogP contribution in [0.1, 0.15) is 12.8 Å². The first-order chi connectivity index (χ1) is 11.7. The topological polar surface area (TPSA) is 50.1 Å². The van der Waals surface area contributed by atoms with Gasteiger partial charge in [0.1, 0.15) is 11.3 Å². The fourth-order valence-electron chi connectivity index (χ4n) is 3.50. The van der Waals surface area contributed by atoms with Crippen LogP contribution in [0.3, 0.4) is 0 Å². The van der Waals surface area contributed by atoms with Crippen molar-refractivity contribution in [1.82, 2.24) is 19.5 Å². The lowest BCUT2D eigenvalue weighted by Crippen LogP contribution is -2.44. The Morgan fingerprint density at radius 3 is 2.54 bits per heavy atom. The van der Waals surface area contributed by atoms with E-state index in [0.717, 1.165) is 48.9 Å². The molecular weight excluding hydrogens is 300 g/mol. The molecule has 24 heavy (non-hydrogen) atoms. The van der Waals surface area contributed by atoms with Crippen LogP contribution in [-0.2, 0) is 7.05 Å². The summed E-state index contributed by atoms with van der Waals surface area (Å²) in [5.74, 6) is 2.06. The van der Waals surface area contributed by atoms with Gasteiger partial charge < -0.3 is 9.80 Å². The highest BCUT2D eigenvalue weighted by Crippen LogP contribution is 2.25. The molecule has 1 saturated heterocycles. The van der Waals surface area contributed by atoms with Crippen molar-refractivity contribution < 1.29 is 0 Å². The Balaban J connectivity index is 1.48. The summed E-state index contributed by atoms with van der Waals surface area (Å²) in [5.41, 5.74) is 1.91. The molecule has 124 valence electrons. The van der Waals surface area contributed by atoms with Crippen molar-refractivity contribution in [3.8, 4) is 0 Å². The summed E-state index contributed by atoms with van der Waals surface area (Å²) in [6.45, 7) is 2.00. The molecule has 6 nitrogen and oxygen atoms in total. The molecule has 0 aliphatic carbocycles. The summed E-state index contributed by atoms with van der Waals surface area (Å²) in [7, 11) is 4.19. The number of hydrogen-bond acceptors (Lipinski definition) is 5. The van der Waals surface area contributed by atoms with Crippen molar-refractivity contribution in [3.05, 3.63) is 42.7 Å². The number of fused-ring (bicyclic) bond motifs is 1. The Bertz CT molecular complexity index is 820. The average molecular weight is 322 g/mol. The average Bonchev–Trinajstić information content (AvgIpc) is 2.99. The van der Waals surface area contributed by atoms with E-state index in [9.17, 15) is 0 Å². The minimum Gasteiger partial charge on any atom is -0.357 e. The summed E-state index contributed by atoms with van der Waals surface area (Å²) in [6.07, 6.45) is 5.88. The van der Waals surface area contributed by atoms with Crippen molar-refractivity contribution in [3.63, 3.8) is 0 Å². The Hall–Kier alpha value is -2.63. The molecule has 3 aromatic rings. The highest BCUT2D eigenvalue weighted by atomic mass is 15.3. The molecule has 3 aromatic heterocycles. The van der Waals surface area contributed by atoms with Gasteiger partial charge in [0, 0.05) is 45.6 Å². The minimum atomic E-state index is 0.518. The van der Waals surface area contributed by atoms with Gasteiger partial charge in [0.05, 0.1) is 0 Å². The summed E-state index contributed by atoms with van der Waals surface area (Å²) >= 11 is 0. The second-order valence-corrected chi connectivity index (χ2v) is 6.33. The molecule has 0 N–H and O–H groups in total. The molecule has 6 heteroatoms. The molecule has 0 spiro atoms. The van der Waals surface area contributed by atoms with Gasteiger partial charge in [-0.1, -0.05) is 6.07 Å². The van der Waals surface area contributed by atoms with E-state index in [1.807, 2.05) is 43.7 Å². The van der Waals surface area contributed by atoms with E-state index in [-0.39, 0.29) is 0 Å². The molecular formula is C18H22N6. The highest BCUT2D eigenvalue weighted by Gasteiger charge is 2.25. The second kappa shape index (κ2) is 6.11. The minimum absolute atomic E-state index is 0.518. The number of pyridine rings is 2. The monoisotopic (exact) mass is 322 g/mol. The fraction of sp³-hybridized carbons (Fsp3) is 0.389. The largest absolute Gasteiger partial charge is 0.357 e. The van der Waals surface area contributed by atoms with Crippen LogP contribution in [0.15, 0.2) is 42.7 Å². The van der Waals surface area contributed by atoms with Gasteiger partial charge in [-0.2, -0.15) is 0 Å². The van der Waals surface area contributed by atoms with Gasteiger partial charge in [-0.15, -0.1) is 0 Å². The summed E-state index contributed by atoms with van der Waals surface area (Å²) in [5, 5.41) is 0. The third-order valence-corrected chi connectivity index (χ3v) is 4.91. The fourth-order valence-corrected chi connectivity index (χ4v) is 3.50. The summed E-state index contributed by atoms with van der Waals surface area (Å²) in [6, 6.07) is 10.5. The number of hydrogen-bond donors (Lipinski definition) is 0. The first-order valence-corrected chi connectivity index (χ1v) is 8.40. The number of nitrogens with zero attached hydrogens (tertiary/aromatic N) is 6. The molecule has 0 atom stereocenters. The van der Waals surface area contributed by atoms with Gasteiger partial charge in [-0.3, -0.25) is 4.57 Å². The van der Waals surface area contributed by atoms with Crippen molar-refractivity contribution >= 4 is 22.9 Å². The molecule has 4 heterocycles. The maximum Gasteiger partial charge on any atom is 0.207 e. The molecule has 1 aliphatic heterocycles. The lowest BCUT2D eigenvalue weighted by molar-refractivity contribution is 0.473. The van der Waals surface area contributed by atoms with Crippen LogP contribution in [0.5, 0.6) is 0 Å². The van der Waals surface area contributed by atoms with Gasteiger partial charge in [0.2, 0.25) is 5.95 Å². The predicted molar refractivity (Wildman–Crippen MR) is 96.4 cm³/mol. The maximum absolute atomic E-state index is 4.76. The first kappa shape index (κ1) is 14.9. The maximum atomic E-state index is 4.76. The number of anilines is 2. The standard InChI is InChI=1S/C18H22N6/c1-22(16-7-3-4-10-19-16)14-8-12-24(13-9-14)18-21-15-6-5-11-20-17(15)23(18)2/h3-7,10-11,14H,8-9,12-13H2,1-2H3. The summed E-state index contributed by atoms with van der Waals surface area (Å²) in [4.78, 5) is 18.3. The number of aromatic nitrogens is 4. The lowest BCUT2D eigenvalue weighted by Gasteiger charge is -2.37. The normalized spacial score (nSPS) is 15.8. The van der Waals surface area contributed by atoms with Gasteiger partial charge >= 0.3 is 0 Å². The molecule has 1 aliphatic rings. The Kier molecular flexibility index (Phi) is 3.80. The quantitative estimate of drug-likeness (QED) is 0.741. The molecule has 0 saturated carbocycles. The van der Waals surface area contributed by atoms with E-state index in [2.05, 4.69) is 37.4 Å². The van der Waals surface area contributed by atoms with Crippen LogP contribution >= 0.6 is 0 Å². The van der Waals surface area contributed by atoms with E-state index >= 15 is 0 Å². The van der Waals surface area contributed by atoms with Crippen LogP contribution in [-0.4, -0.2) is 45.7 Å². The molecule has 0 bridgehead atoms. The Morgan fingerprint density at radius 2 is 1.83 bits per heavy atom. The number of aryl methyl sites for hydroxylation is 1. The predicted octanol–water partition coefficient (Wildman–Crippen LogP) is 2.47. The van der Waals surface area contributed by atoms with E-state index < -0.39 is 0 Å². The van der Waals surface area contributed by atoms with Crippen molar-refractivity contribution in [1.29, 1.82) is 0 Å². The second-order valence-electron chi connectivity index (χ2n) is 6.33. The molecule has 0 radical (unpaired) electrons. The third kappa shape index (κ3) is 2.58. The summed E-state index contributed by atoms with van der Waals surface area (Å²) < 4.78 is 2.10. The zero-order valence-corrected chi connectivity index (χ0v) is 14.1. The molecule has 4 rings (SSSR count). The van der Waals surface area contributed by atoms with E-state index in [0.29, 0.717) is 6.04 Å². The number of piperidine rings is 1. The van der Waals surface area contributed by atoms with Gasteiger partial charge in [0.25, 0.3) is 0 Å². The number of rotatable bonds is 3. The Labute approximate surface area is 141 Å².